The van der Waals surface area contributed by atoms with E-state index in [1.165, 1.54) is 0 Å². The normalized spacial score (nSPS) is 17.7. The molecule has 0 N–H and O–H groups in total. The van der Waals surface area contributed by atoms with Crippen LogP contribution in [0.4, 0.5) is 4.70 Å². The number of benzene rings is 20. The van der Waals surface area contributed by atoms with Crippen LogP contribution in [0.2, 0.25) is 0 Å². The molecule has 32 rings (SSSR count). The highest BCUT2D eigenvalue weighted by Crippen LogP contribution is 2.80. The van der Waals surface area contributed by atoms with Gasteiger partial charge in [-0.1, -0.05) is 0 Å². The fraction of sp³-hybridized carbons (Fsp3) is 0. The average molecular weight is 741 g/mol. The Bertz CT molecular complexity index is 4030. The summed E-state index contributed by atoms with van der Waals surface area (Å²) in [5.41, 5.74) is 0. The largest absolute Gasteiger partial charge is 0.269 e. The summed E-state index contributed by atoms with van der Waals surface area (Å²) in [7, 11) is 0. The second-order valence-corrected chi connectivity index (χ2v) is 22.5. The topological polar surface area (TPSA) is 0 Å². The fourth-order valence-corrected chi connectivity index (χ4v) is 22.5. The van der Waals surface area contributed by atoms with Gasteiger partial charge >= 0.3 is 0 Å². The molecule has 0 nitrogen and oxygen atoms in total. The fourth-order valence-electron chi connectivity index (χ4n) is 22.5. The molecule has 0 fully saturated rings. The molecule has 61 heavy (non-hydrogen) atoms. The molecular formula is C60HF. The molecule has 32 aromatic rings. The molecule has 0 atom stereocenters. The maximum absolute atomic E-state index is 1.67. The van der Waals surface area contributed by atoms with E-state index in [4.69, 9.17) is 0 Å². The number of halogens is 1. The maximum atomic E-state index is 1.67. The first kappa shape index (κ1) is 21.4. The van der Waals surface area contributed by atoms with E-state index in [0.29, 0.717) is 0 Å². The number of rotatable bonds is 0. The highest BCUT2D eigenvalue weighted by molar-refractivity contribution is 6.85. The van der Waals surface area contributed by atoms with Crippen molar-refractivity contribution in [1.29, 1.82) is 0 Å². The van der Waals surface area contributed by atoms with Gasteiger partial charge < -0.3 is 0 Å². The Kier molecular flexibility index (Phi) is 1.61. The standard InChI is InChI=1S/C60.FH/c1-2-5-6-3(1)8-12-10-4(1)9-11-7(2)17-21-13(5)23-24-14(6)22-18(8)28-20(12)30-26-16(10)15(9)25-29-19(11)27(17)37-41-31(21)33(23)43-44-34(24)32(22)42-38(28)48-40(30)46-36(26)35(25)45-39(29)47(37)55-49(41)51(43)57-52(44)50(42)56(48)59-54(46)53(45)58(55)60(57)59;/h;1H. The molecule has 0 aliphatic carbocycles. The third-order valence-corrected chi connectivity index (χ3v) is 22.5. The maximum Gasteiger partial charge on any atom is 0 e. The molecule has 0 aromatic heterocycles. The van der Waals surface area contributed by atoms with Gasteiger partial charge in [-0.2, -0.15) is 0 Å². The van der Waals surface area contributed by atoms with Crippen molar-refractivity contribution in [2.75, 3.05) is 0 Å². The van der Waals surface area contributed by atoms with E-state index in [1.807, 2.05) is 0 Å². The van der Waals surface area contributed by atoms with Gasteiger partial charge in [-0.25, -0.2) is 0 Å². The molecule has 0 amide bonds. The molecule has 0 radical (unpaired) electrons. The zero-order chi connectivity index (χ0) is 34.6. The third-order valence-electron chi connectivity index (χ3n) is 22.5. The predicted octanol–water partition coefficient (Wildman–Crippen LogP) is 17.9. The van der Waals surface area contributed by atoms with Gasteiger partial charge in [0.1, 0.15) is 0 Å². The smallest absolute Gasteiger partial charge is 0 e. The lowest BCUT2D eigenvalue weighted by Gasteiger charge is -2.14. The monoisotopic (exact) mass is 740 g/mol. The van der Waals surface area contributed by atoms with Crippen LogP contribution in [0, 0.1) is 0 Å². The Balaban J connectivity index is 0.00000261. The van der Waals surface area contributed by atoms with Crippen molar-refractivity contribution in [3.05, 3.63) is 0 Å². The summed E-state index contributed by atoms with van der Waals surface area (Å²) in [4.78, 5) is 0. The van der Waals surface area contributed by atoms with Crippen molar-refractivity contribution in [3.8, 4) is 0 Å². The third kappa shape index (κ3) is 1.06. The molecule has 0 saturated carbocycles. The first-order chi connectivity index (χ1) is 30.0. The zero-order valence-electron chi connectivity index (χ0n) is 30.4. The van der Waals surface area contributed by atoms with E-state index in [1.54, 1.807) is 323 Å². The van der Waals surface area contributed by atoms with Crippen molar-refractivity contribution in [3.63, 3.8) is 0 Å². The molecule has 0 aliphatic rings. The van der Waals surface area contributed by atoms with E-state index < -0.39 is 0 Å². The number of hydrogen-bond donors (Lipinski definition) is 0. The van der Waals surface area contributed by atoms with E-state index in [9.17, 15) is 0 Å². The van der Waals surface area contributed by atoms with Crippen LogP contribution >= 0.6 is 0 Å². The van der Waals surface area contributed by atoms with Crippen LogP contribution in [-0.4, -0.2) is 0 Å². The Hall–Kier alpha value is -7.87. The highest BCUT2D eigenvalue weighted by atomic mass is 19.0. The highest BCUT2D eigenvalue weighted by Gasteiger charge is 2.51. The summed E-state index contributed by atoms with van der Waals surface area (Å²) >= 11 is 0. The first-order valence-electron chi connectivity index (χ1n) is 22.5. The van der Waals surface area contributed by atoms with Crippen LogP contribution < -0.4 is 0 Å². The molecule has 0 saturated heterocycles. The van der Waals surface area contributed by atoms with Gasteiger partial charge in [-0.15, -0.1) is 0 Å². The van der Waals surface area contributed by atoms with Gasteiger partial charge in [0.2, 0.25) is 0 Å². The Morgan fingerprint density at radius 2 is 0.0656 bits per heavy atom. The van der Waals surface area contributed by atoms with Crippen LogP contribution in [-0.2, 0) is 0 Å². The molecule has 0 spiro atoms. The first-order valence-corrected chi connectivity index (χ1v) is 22.5. The van der Waals surface area contributed by atoms with Gasteiger partial charge in [0.25, 0.3) is 0 Å². The second-order valence-electron chi connectivity index (χ2n) is 22.5. The van der Waals surface area contributed by atoms with Crippen molar-refractivity contribution in [1.82, 2.24) is 0 Å². The van der Waals surface area contributed by atoms with Crippen molar-refractivity contribution < 1.29 is 4.70 Å². The van der Waals surface area contributed by atoms with Gasteiger partial charge in [-0.3, -0.25) is 4.70 Å². The quantitative estimate of drug-likeness (QED) is 0.136. The lowest BCUT2D eigenvalue weighted by Crippen LogP contribution is -1.84. The molecule has 0 aliphatic heterocycles. The summed E-state index contributed by atoms with van der Waals surface area (Å²) in [6, 6.07) is 0. The van der Waals surface area contributed by atoms with Crippen LogP contribution in [0.3, 0.4) is 0 Å². The van der Waals surface area contributed by atoms with Crippen LogP contribution in [0.15, 0.2) is 0 Å². The average Bonchev–Trinajstić information content (AvgIpc) is 4.09. The molecule has 1 heteroatoms. The summed E-state index contributed by atoms with van der Waals surface area (Å²) in [6.07, 6.45) is 0. The van der Waals surface area contributed by atoms with E-state index in [2.05, 4.69) is 0 Å². The van der Waals surface area contributed by atoms with Crippen LogP contribution in [0.25, 0.3) is 323 Å². The molecule has 248 valence electrons. The summed E-state index contributed by atoms with van der Waals surface area (Å²) in [6.45, 7) is 0. The van der Waals surface area contributed by atoms with E-state index in [-0.39, 0.29) is 4.70 Å². The van der Waals surface area contributed by atoms with Gasteiger partial charge in [0, 0.05) is 323 Å². The minimum Gasteiger partial charge on any atom is -0.269 e. The summed E-state index contributed by atoms with van der Waals surface area (Å²) in [5.74, 6) is 0. The molecule has 0 unspecified atom stereocenters. The zero-order valence-corrected chi connectivity index (χ0v) is 30.4. The Morgan fingerprint density at radius 3 is 0.0820 bits per heavy atom. The Morgan fingerprint density at radius 1 is 0.0492 bits per heavy atom. The number of hydrogen-bond acceptors (Lipinski definition) is 0. The van der Waals surface area contributed by atoms with Gasteiger partial charge in [0.05, 0.1) is 0 Å². The van der Waals surface area contributed by atoms with Crippen molar-refractivity contribution in [2.45, 2.75) is 0 Å². The minimum atomic E-state index is 0. The predicted molar refractivity (Wildman–Crippen MR) is 263 cm³/mol. The summed E-state index contributed by atoms with van der Waals surface area (Å²) < 4.78 is 0. The van der Waals surface area contributed by atoms with Gasteiger partial charge in [-0.05, 0) is 0 Å². The lowest BCUT2D eigenvalue weighted by atomic mass is 9.88. The van der Waals surface area contributed by atoms with E-state index >= 15 is 0 Å². The molecule has 32 aromatic carbocycles. The SMILES string of the molecule is F.c12c3c4c5c1c1c6c7c2c2c8c3c3c9c4c4c%10c5c5c1c1c6c6c%11c7c2c2c7c8c3c3c8c9c4c4c9c%10c5c5c1c1c6c6c%11c2c2c7c3c3c8c4c4c9c5c1c1c6c2c3c41. The lowest BCUT2D eigenvalue weighted by molar-refractivity contribution is 1.11. The van der Waals surface area contributed by atoms with Crippen LogP contribution in [0.5, 0.6) is 0 Å². The minimum absolute atomic E-state index is 0. The van der Waals surface area contributed by atoms with Crippen molar-refractivity contribution in [2.24, 2.45) is 0 Å². The molecule has 0 heterocycles. The van der Waals surface area contributed by atoms with Crippen LogP contribution in [0.1, 0.15) is 0 Å². The van der Waals surface area contributed by atoms with Gasteiger partial charge in [0.15, 0.2) is 0 Å². The molecular weight excluding hydrogens is 740 g/mol. The molecule has 0 bridgehead atoms. The van der Waals surface area contributed by atoms with Crippen molar-refractivity contribution >= 4 is 323 Å². The second kappa shape index (κ2) is 4.60. The van der Waals surface area contributed by atoms with E-state index in [0.717, 1.165) is 0 Å². The summed E-state index contributed by atoms with van der Waals surface area (Å²) in [5, 5.41) is 100. The Labute approximate surface area is 326 Å².